The Labute approximate surface area is 94.2 Å². The van der Waals surface area contributed by atoms with E-state index in [1.54, 1.807) is 6.42 Å². The van der Waals surface area contributed by atoms with Gasteiger partial charge in [0.1, 0.15) is 0 Å². The molecular formula is C13H26N2. The second-order valence-electron chi connectivity index (χ2n) is 5.45. The zero-order valence-corrected chi connectivity index (χ0v) is 10.1. The molecule has 2 bridgehead atoms. The van der Waals surface area contributed by atoms with Gasteiger partial charge in [-0.1, -0.05) is 13.3 Å². The van der Waals surface area contributed by atoms with E-state index in [0.717, 1.165) is 37.4 Å². The van der Waals surface area contributed by atoms with E-state index in [2.05, 4.69) is 11.8 Å². The Morgan fingerprint density at radius 1 is 1.20 bits per heavy atom. The van der Waals surface area contributed by atoms with E-state index in [0.29, 0.717) is 0 Å². The number of rotatable bonds is 6. The first-order valence-corrected chi connectivity index (χ1v) is 6.76. The zero-order chi connectivity index (χ0) is 10.7. The molecule has 0 aromatic heterocycles. The average molecular weight is 210 g/mol. The summed E-state index contributed by atoms with van der Waals surface area (Å²) in [5.41, 5.74) is 5.61. The van der Waals surface area contributed by atoms with Crippen molar-refractivity contribution >= 4 is 0 Å². The topological polar surface area (TPSA) is 29.3 Å². The highest BCUT2D eigenvalue weighted by molar-refractivity contribution is 4.90. The van der Waals surface area contributed by atoms with Crippen molar-refractivity contribution in [2.75, 3.05) is 26.2 Å². The van der Waals surface area contributed by atoms with Gasteiger partial charge in [-0.15, -0.1) is 0 Å². The lowest BCUT2D eigenvalue weighted by atomic mass is 9.86. The summed E-state index contributed by atoms with van der Waals surface area (Å²) in [5.74, 6) is 3.24. The van der Waals surface area contributed by atoms with E-state index in [9.17, 15) is 0 Å². The summed E-state index contributed by atoms with van der Waals surface area (Å²) in [7, 11) is 0. The minimum absolute atomic E-state index is 0.810. The van der Waals surface area contributed by atoms with Crippen molar-refractivity contribution in [3.63, 3.8) is 0 Å². The summed E-state index contributed by atoms with van der Waals surface area (Å²) in [5, 5.41) is 0. The molecule has 2 heteroatoms. The molecule has 88 valence electrons. The number of nitrogens with two attached hydrogens (primary N) is 1. The van der Waals surface area contributed by atoms with Crippen LogP contribution in [0.2, 0.25) is 0 Å². The van der Waals surface area contributed by atoms with Crippen LogP contribution in [0.15, 0.2) is 0 Å². The predicted octanol–water partition coefficient (Wildman–Crippen LogP) is 2.09. The fourth-order valence-corrected chi connectivity index (χ4v) is 3.69. The molecule has 2 aliphatic rings. The van der Waals surface area contributed by atoms with Crippen molar-refractivity contribution in [3.8, 4) is 0 Å². The molecule has 0 aromatic rings. The van der Waals surface area contributed by atoms with Crippen LogP contribution in [0.5, 0.6) is 0 Å². The first kappa shape index (κ1) is 11.4. The van der Waals surface area contributed by atoms with E-state index < -0.39 is 0 Å². The number of likely N-dealkylation sites (N-methyl/N-ethyl adjacent to an activating group) is 1. The quantitative estimate of drug-likeness (QED) is 0.727. The van der Waals surface area contributed by atoms with Crippen molar-refractivity contribution in [1.82, 2.24) is 4.90 Å². The molecule has 2 rings (SSSR count). The van der Waals surface area contributed by atoms with Gasteiger partial charge < -0.3 is 10.6 Å². The minimum atomic E-state index is 0.810. The van der Waals surface area contributed by atoms with Crippen molar-refractivity contribution in [2.24, 2.45) is 23.5 Å². The molecule has 3 unspecified atom stereocenters. The summed E-state index contributed by atoms with van der Waals surface area (Å²) in [6.07, 6.45) is 7.56. The van der Waals surface area contributed by atoms with Crippen LogP contribution in [0.1, 0.15) is 39.0 Å². The van der Waals surface area contributed by atoms with Crippen LogP contribution in [-0.2, 0) is 0 Å². The van der Waals surface area contributed by atoms with E-state index in [4.69, 9.17) is 5.73 Å². The normalized spacial score (nSPS) is 34.2. The number of fused-ring (bicyclic) bond motifs is 2. The van der Waals surface area contributed by atoms with Crippen molar-refractivity contribution in [2.45, 2.75) is 39.0 Å². The summed E-state index contributed by atoms with van der Waals surface area (Å²) in [6, 6.07) is 0. The van der Waals surface area contributed by atoms with Gasteiger partial charge in [-0.25, -0.2) is 0 Å². The second-order valence-corrected chi connectivity index (χ2v) is 5.45. The highest BCUT2D eigenvalue weighted by atomic mass is 15.1. The molecular weight excluding hydrogens is 184 g/mol. The molecule has 2 aliphatic carbocycles. The molecule has 2 saturated carbocycles. The second kappa shape index (κ2) is 5.31. The van der Waals surface area contributed by atoms with Crippen molar-refractivity contribution in [3.05, 3.63) is 0 Å². The number of hydrogen-bond donors (Lipinski definition) is 1. The number of hydrogen-bond acceptors (Lipinski definition) is 2. The van der Waals surface area contributed by atoms with E-state index in [1.807, 2.05) is 0 Å². The maximum Gasteiger partial charge on any atom is 0.0104 e. The maximum atomic E-state index is 5.61. The fourth-order valence-electron chi connectivity index (χ4n) is 3.69. The first-order chi connectivity index (χ1) is 7.33. The molecule has 15 heavy (non-hydrogen) atoms. The molecule has 0 radical (unpaired) electrons. The largest absolute Gasteiger partial charge is 0.329 e. The standard InChI is InChI=1S/C13H26N2/c1-2-15(8-6-14)7-5-13-10-11-3-4-12(13)9-11/h11-13H,2-10,14H2,1H3. The SMILES string of the molecule is CCN(CCN)CCC1CC2CCC1C2. The van der Waals surface area contributed by atoms with Gasteiger partial charge in [-0.05, 0) is 56.5 Å². The van der Waals surface area contributed by atoms with Gasteiger partial charge in [-0.2, -0.15) is 0 Å². The average Bonchev–Trinajstić information content (AvgIpc) is 2.85. The highest BCUT2D eigenvalue weighted by Crippen LogP contribution is 2.49. The molecule has 0 heterocycles. The Hall–Kier alpha value is -0.0800. The van der Waals surface area contributed by atoms with Gasteiger partial charge in [0.2, 0.25) is 0 Å². The lowest BCUT2D eigenvalue weighted by molar-refractivity contribution is 0.234. The Morgan fingerprint density at radius 3 is 2.60 bits per heavy atom. The lowest BCUT2D eigenvalue weighted by Crippen LogP contribution is -2.31. The van der Waals surface area contributed by atoms with Gasteiger partial charge in [0.05, 0.1) is 0 Å². The minimum Gasteiger partial charge on any atom is -0.329 e. The molecule has 2 N–H and O–H groups in total. The monoisotopic (exact) mass is 210 g/mol. The van der Waals surface area contributed by atoms with Gasteiger partial charge in [0.15, 0.2) is 0 Å². The van der Waals surface area contributed by atoms with Gasteiger partial charge in [0, 0.05) is 13.1 Å². The third-order valence-corrected chi connectivity index (χ3v) is 4.59. The third-order valence-electron chi connectivity index (χ3n) is 4.59. The van der Waals surface area contributed by atoms with Gasteiger partial charge in [-0.3, -0.25) is 0 Å². The predicted molar refractivity (Wildman–Crippen MR) is 64.7 cm³/mol. The Bertz CT molecular complexity index is 193. The van der Waals surface area contributed by atoms with E-state index in [1.165, 1.54) is 32.2 Å². The van der Waals surface area contributed by atoms with E-state index >= 15 is 0 Å². The summed E-state index contributed by atoms with van der Waals surface area (Å²) in [4.78, 5) is 2.51. The third kappa shape index (κ3) is 2.73. The molecule has 0 spiro atoms. The molecule has 0 saturated heterocycles. The van der Waals surface area contributed by atoms with Crippen LogP contribution in [0, 0.1) is 17.8 Å². The Morgan fingerprint density at radius 2 is 2.07 bits per heavy atom. The molecule has 3 atom stereocenters. The molecule has 2 fully saturated rings. The fraction of sp³-hybridized carbons (Fsp3) is 1.00. The summed E-state index contributed by atoms with van der Waals surface area (Å²) >= 11 is 0. The van der Waals surface area contributed by atoms with Crippen LogP contribution in [0.25, 0.3) is 0 Å². The first-order valence-electron chi connectivity index (χ1n) is 6.76. The maximum absolute atomic E-state index is 5.61. The van der Waals surface area contributed by atoms with Crippen LogP contribution in [-0.4, -0.2) is 31.1 Å². The molecule has 0 aromatic carbocycles. The van der Waals surface area contributed by atoms with Crippen molar-refractivity contribution < 1.29 is 0 Å². The van der Waals surface area contributed by atoms with Gasteiger partial charge in [0.25, 0.3) is 0 Å². The van der Waals surface area contributed by atoms with Crippen LogP contribution < -0.4 is 5.73 Å². The highest BCUT2D eigenvalue weighted by Gasteiger charge is 2.38. The lowest BCUT2D eigenvalue weighted by Gasteiger charge is -2.26. The Kier molecular flexibility index (Phi) is 4.04. The number of nitrogens with zero attached hydrogens (tertiary/aromatic N) is 1. The van der Waals surface area contributed by atoms with E-state index in [-0.39, 0.29) is 0 Å². The van der Waals surface area contributed by atoms with Crippen LogP contribution >= 0.6 is 0 Å². The smallest absolute Gasteiger partial charge is 0.0104 e. The van der Waals surface area contributed by atoms with Crippen LogP contribution in [0.4, 0.5) is 0 Å². The van der Waals surface area contributed by atoms with Crippen LogP contribution in [0.3, 0.4) is 0 Å². The summed E-state index contributed by atoms with van der Waals surface area (Å²) < 4.78 is 0. The zero-order valence-electron chi connectivity index (χ0n) is 10.1. The van der Waals surface area contributed by atoms with Gasteiger partial charge >= 0.3 is 0 Å². The molecule has 2 nitrogen and oxygen atoms in total. The summed E-state index contributed by atoms with van der Waals surface area (Å²) in [6.45, 7) is 6.58. The molecule has 0 amide bonds. The molecule has 0 aliphatic heterocycles. The Balaban J connectivity index is 1.69. The van der Waals surface area contributed by atoms with Crippen molar-refractivity contribution in [1.29, 1.82) is 0 Å².